The van der Waals surface area contributed by atoms with Gasteiger partial charge in [-0.2, -0.15) is 13.2 Å². The monoisotopic (exact) mass is 213 g/mol. The highest BCUT2D eigenvalue weighted by molar-refractivity contribution is 5.83. The lowest BCUT2D eigenvalue weighted by Crippen LogP contribution is -2.44. The molecule has 0 aromatic rings. The summed E-state index contributed by atoms with van der Waals surface area (Å²) in [4.78, 5) is 21.1. The van der Waals surface area contributed by atoms with Crippen LogP contribution in [0.4, 0.5) is 18.0 Å². The largest absolute Gasteiger partial charge is 0.405 e. The minimum atomic E-state index is -4.45. The number of amides is 3. The Kier molecular flexibility index (Phi) is 4.74. The number of nitrogens with one attached hydrogen (secondary N) is 3. The maximum absolute atomic E-state index is 11.6. The second-order valence-electron chi connectivity index (χ2n) is 2.32. The molecule has 0 aliphatic rings. The molecule has 0 aromatic heterocycles. The maximum Gasteiger partial charge on any atom is 0.405 e. The van der Waals surface area contributed by atoms with E-state index in [4.69, 9.17) is 0 Å². The first-order chi connectivity index (χ1) is 6.35. The van der Waals surface area contributed by atoms with Crippen molar-refractivity contribution in [3.63, 3.8) is 0 Å². The van der Waals surface area contributed by atoms with Crippen molar-refractivity contribution in [2.24, 2.45) is 0 Å². The summed E-state index contributed by atoms with van der Waals surface area (Å²) in [5, 5.41) is 5.68. The van der Waals surface area contributed by atoms with Crippen LogP contribution in [-0.4, -0.2) is 38.3 Å². The van der Waals surface area contributed by atoms with E-state index in [-0.39, 0.29) is 6.54 Å². The molecule has 82 valence electrons. The van der Waals surface area contributed by atoms with E-state index in [1.807, 2.05) is 5.32 Å². The number of rotatable bonds is 3. The molecule has 0 unspecified atom stereocenters. The molecule has 0 radical (unpaired) electrons. The Labute approximate surface area is 78.0 Å². The zero-order valence-corrected chi connectivity index (χ0v) is 7.36. The molecule has 3 amide bonds. The number of carbonyl (C=O) groups excluding carboxylic acids is 2. The summed E-state index contributed by atoms with van der Waals surface area (Å²) >= 11 is 0. The molecule has 0 spiro atoms. The molecule has 0 fully saturated rings. The first-order valence-electron chi connectivity index (χ1n) is 3.64. The smallest absolute Gasteiger partial charge is 0.358 e. The van der Waals surface area contributed by atoms with Crippen LogP contribution in [0.5, 0.6) is 0 Å². The van der Waals surface area contributed by atoms with Gasteiger partial charge in [0, 0.05) is 7.05 Å². The number of alkyl halides is 3. The summed E-state index contributed by atoms with van der Waals surface area (Å²) in [5.41, 5.74) is 0. The molecular formula is C6H10F3N3O2. The van der Waals surface area contributed by atoms with Crippen molar-refractivity contribution in [3.05, 3.63) is 0 Å². The van der Waals surface area contributed by atoms with E-state index in [1.165, 1.54) is 7.05 Å². The normalized spacial score (nSPS) is 10.6. The van der Waals surface area contributed by atoms with E-state index in [9.17, 15) is 22.8 Å². The van der Waals surface area contributed by atoms with E-state index in [2.05, 4.69) is 5.32 Å². The van der Waals surface area contributed by atoms with E-state index < -0.39 is 24.7 Å². The van der Waals surface area contributed by atoms with Gasteiger partial charge < -0.3 is 16.0 Å². The van der Waals surface area contributed by atoms with E-state index in [1.54, 1.807) is 5.32 Å². The summed E-state index contributed by atoms with van der Waals surface area (Å²) in [6, 6.07) is -1.04. The fourth-order valence-corrected chi connectivity index (χ4v) is 0.492. The zero-order chi connectivity index (χ0) is 11.2. The van der Waals surface area contributed by atoms with Gasteiger partial charge in [-0.1, -0.05) is 0 Å². The van der Waals surface area contributed by atoms with Crippen LogP contribution in [0.15, 0.2) is 0 Å². The molecule has 0 atom stereocenters. The SMILES string of the molecule is CNC(=O)CNC(=O)NCC(F)(F)F. The van der Waals surface area contributed by atoms with Gasteiger partial charge in [0.25, 0.3) is 0 Å². The van der Waals surface area contributed by atoms with Gasteiger partial charge in [0.05, 0.1) is 6.54 Å². The van der Waals surface area contributed by atoms with Gasteiger partial charge in [0.15, 0.2) is 0 Å². The average molecular weight is 213 g/mol. The molecule has 0 saturated heterocycles. The van der Waals surface area contributed by atoms with Gasteiger partial charge in [-0.15, -0.1) is 0 Å². The fraction of sp³-hybridized carbons (Fsp3) is 0.667. The van der Waals surface area contributed by atoms with E-state index in [0.29, 0.717) is 0 Å². The summed E-state index contributed by atoms with van der Waals surface area (Å²) in [6.45, 7) is -1.78. The first kappa shape index (κ1) is 12.5. The Hall–Kier alpha value is -1.47. The number of likely N-dealkylation sites (N-methyl/N-ethyl adjacent to an activating group) is 1. The van der Waals surface area contributed by atoms with Crippen molar-refractivity contribution >= 4 is 11.9 Å². The highest BCUT2D eigenvalue weighted by Crippen LogP contribution is 2.11. The quantitative estimate of drug-likeness (QED) is 0.596. The molecule has 0 aliphatic carbocycles. The van der Waals surface area contributed by atoms with Crippen LogP contribution in [-0.2, 0) is 4.79 Å². The van der Waals surface area contributed by atoms with Crippen molar-refractivity contribution in [1.82, 2.24) is 16.0 Å². The molecule has 3 N–H and O–H groups in total. The van der Waals surface area contributed by atoms with Crippen LogP contribution in [0.3, 0.4) is 0 Å². The minimum Gasteiger partial charge on any atom is -0.358 e. The van der Waals surface area contributed by atoms with Crippen LogP contribution in [0.2, 0.25) is 0 Å². The first-order valence-corrected chi connectivity index (χ1v) is 3.64. The van der Waals surface area contributed by atoms with Crippen molar-refractivity contribution < 1.29 is 22.8 Å². The van der Waals surface area contributed by atoms with E-state index >= 15 is 0 Å². The molecular weight excluding hydrogens is 203 g/mol. The molecule has 0 heterocycles. The van der Waals surface area contributed by atoms with Crippen LogP contribution >= 0.6 is 0 Å². The predicted octanol–water partition coefficient (Wildman–Crippen LogP) is -0.406. The number of halogens is 3. The molecule has 0 bridgehead atoms. The Bertz CT molecular complexity index is 217. The van der Waals surface area contributed by atoms with E-state index in [0.717, 1.165) is 0 Å². The second kappa shape index (κ2) is 5.30. The Morgan fingerprint density at radius 2 is 1.79 bits per heavy atom. The minimum absolute atomic E-state index is 0.361. The van der Waals surface area contributed by atoms with Gasteiger partial charge in [-0.05, 0) is 0 Å². The van der Waals surface area contributed by atoms with Crippen LogP contribution in [0.25, 0.3) is 0 Å². The van der Waals surface area contributed by atoms with Gasteiger partial charge in [0.1, 0.15) is 6.54 Å². The topological polar surface area (TPSA) is 70.2 Å². The Morgan fingerprint density at radius 1 is 1.21 bits per heavy atom. The lowest BCUT2D eigenvalue weighted by molar-refractivity contribution is -0.122. The standard InChI is InChI=1S/C6H10F3N3O2/c1-10-4(13)2-11-5(14)12-3-6(7,8)9/h2-3H2,1H3,(H,10,13)(H2,11,12,14). The number of urea groups is 1. The maximum atomic E-state index is 11.6. The third-order valence-corrected chi connectivity index (χ3v) is 1.14. The number of hydrogen-bond acceptors (Lipinski definition) is 2. The number of hydrogen-bond donors (Lipinski definition) is 3. The molecule has 0 rings (SSSR count). The van der Waals surface area contributed by atoms with Gasteiger partial charge >= 0.3 is 12.2 Å². The Balaban J connectivity index is 3.62. The third-order valence-electron chi connectivity index (χ3n) is 1.14. The van der Waals surface area contributed by atoms with Crippen molar-refractivity contribution in [1.29, 1.82) is 0 Å². The molecule has 0 saturated carbocycles. The number of carbonyl (C=O) groups is 2. The molecule has 0 aliphatic heterocycles. The highest BCUT2D eigenvalue weighted by Gasteiger charge is 2.27. The van der Waals surface area contributed by atoms with Crippen LogP contribution < -0.4 is 16.0 Å². The zero-order valence-electron chi connectivity index (χ0n) is 7.36. The van der Waals surface area contributed by atoms with Gasteiger partial charge in [-0.25, -0.2) is 4.79 Å². The molecule has 5 nitrogen and oxygen atoms in total. The molecule has 14 heavy (non-hydrogen) atoms. The summed E-state index contributed by atoms with van der Waals surface area (Å²) < 4.78 is 34.7. The average Bonchev–Trinajstić information content (AvgIpc) is 2.09. The predicted molar refractivity (Wildman–Crippen MR) is 41.5 cm³/mol. The lowest BCUT2D eigenvalue weighted by atomic mass is 10.6. The van der Waals surface area contributed by atoms with Crippen molar-refractivity contribution in [3.8, 4) is 0 Å². The Morgan fingerprint density at radius 3 is 2.21 bits per heavy atom. The molecule has 0 aromatic carbocycles. The molecule has 8 heteroatoms. The second-order valence-corrected chi connectivity index (χ2v) is 2.32. The van der Waals surface area contributed by atoms with Gasteiger partial charge in [-0.3, -0.25) is 4.79 Å². The van der Waals surface area contributed by atoms with Crippen LogP contribution in [0.1, 0.15) is 0 Å². The fourth-order valence-electron chi connectivity index (χ4n) is 0.492. The summed E-state index contributed by atoms with van der Waals surface area (Å²) in [7, 11) is 1.34. The highest BCUT2D eigenvalue weighted by atomic mass is 19.4. The summed E-state index contributed by atoms with van der Waals surface area (Å²) in [6.07, 6.45) is -4.45. The lowest BCUT2D eigenvalue weighted by Gasteiger charge is -2.08. The summed E-state index contributed by atoms with van der Waals surface area (Å²) in [5.74, 6) is -0.493. The van der Waals surface area contributed by atoms with Gasteiger partial charge in [0.2, 0.25) is 5.91 Å². The van der Waals surface area contributed by atoms with Crippen LogP contribution in [0, 0.1) is 0 Å². The third kappa shape index (κ3) is 7.19. The van der Waals surface area contributed by atoms with Crippen molar-refractivity contribution in [2.75, 3.05) is 20.1 Å². The van der Waals surface area contributed by atoms with Crippen molar-refractivity contribution in [2.45, 2.75) is 6.18 Å².